The molecule has 0 amide bonds. The van der Waals surface area contributed by atoms with Crippen LogP contribution in [-0.4, -0.2) is 38.0 Å². The number of ether oxygens (including phenoxy) is 2. The number of benzene rings is 1. The van der Waals surface area contributed by atoms with Gasteiger partial charge in [-0.2, -0.15) is 11.8 Å². The number of hydrogen-bond donors (Lipinski definition) is 0. The van der Waals surface area contributed by atoms with Crippen molar-refractivity contribution in [2.75, 3.05) is 32.3 Å². The highest BCUT2D eigenvalue weighted by atomic mass is 32.2. The zero-order chi connectivity index (χ0) is 23.4. The van der Waals surface area contributed by atoms with Crippen LogP contribution in [0, 0.1) is 11.8 Å². The lowest BCUT2D eigenvalue weighted by Crippen LogP contribution is -2.30. The van der Waals surface area contributed by atoms with E-state index in [1.165, 1.54) is 0 Å². The minimum Gasteiger partial charge on any atom is -0.493 e. The Morgan fingerprint density at radius 1 is 1.17 bits per heavy atom. The molecule has 0 aliphatic carbocycles. The summed E-state index contributed by atoms with van der Waals surface area (Å²) in [5.74, 6) is 2.08. The molecule has 1 aromatic rings. The lowest BCUT2D eigenvalue weighted by molar-refractivity contribution is 0.00349. The van der Waals surface area contributed by atoms with Crippen LogP contribution in [0.5, 0.6) is 5.75 Å². The minimum atomic E-state index is 0.494. The molecule has 30 heavy (non-hydrogen) atoms. The maximum Gasteiger partial charge on any atom is 0.119 e. The van der Waals surface area contributed by atoms with E-state index >= 15 is 0 Å². The van der Waals surface area contributed by atoms with Crippen LogP contribution in [0.25, 0.3) is 0 Å². The van der Waals surface area contributed by atoms with E-state index in [-0.39, 0.29) is 0 Å². The van der Waals surface area contributed by atoms with Crippen molar-refractivity contribution >= 4 is 17.5 Å². The fourth-order valence-corrected chi connectivity index (χ4v) is 2.74. The van der Waals surface area contributed by atoms with Gasteiger partial charge in [0.2, 0.25) is 0 Å². The average molecular weight is 438 g/mol. The number of thioether (sulfide) groups is 1. The maximum absolute atomic E-state index is 5.94. The van der Waals surface area contributed by atoms with Crippen LogP contribution >= 0.6 is 11.8 Å². The molecule has 1 aromatic carbocycles. The molecule has 2 rings (SSSR count). The van der Waals surface area contributed by atoms with Gasteiger partial charge in [0.25, 0.3) is 0 Å². The van der Waals surface area contributed by atoms with E-state index in [1.54, 1.807) is 11.8 Å². The molecule has 1 aliphatic heterocycles. The molecule has 0 N–H and O–H groups in total. The normalized spacial score (nSPS) is 18.6. The number of hydrogen-bond acceptors (Lipinski definition) is 4. The second-order valence-electron chi connectivity index (χ2n) is 6.68. The summed E-state index contributed by atoms with van der Waals surface area (Å²) in [6.45, 7) is 18.9. The summed E-state index contributed by atoms with van der Waals surface area (Å²) in [7, 11) is 0. The molecule has 1 unspecified atom stereocenters. The molecular weight excluding hydrogens is 390 g/mol. The van der Waals surface area contributed by atoms with E-state index in [0.29, 0.717) is 11.8 Å². The number of nitrogens with zero attached hydrogens (tertiary/aromatic N) is 1. The number of rotatable bonds is 6. The third-order valence-electron chi connectivity index (χ3n) is 4.60. The van der Waals surface area contributed by atoms with Gasteiger partial charge in [-0.15, -0.1) is 0 Å². The van der Waals surface area contributed by atoms with E-state index in [1.807, 2.05) is 59.3 Å². The first-order chi connectivity index (χ1) is 14.5. The Hall–Kier alpha value is -1.26. The fraction of sp³-hybridized carbons (Fsp3) is 0.654. The third-order valence-corrected chi connectivity index (χ3v) is 4.60. The topological polar surface area (TPSA) is 30.8 Å². The van der Waals surface area contributed by atoms with Crippen LogP contribution in [0.2, 0.25) is 0 Å². The van der Waals surface area contributed by atoms with Crippen molar-refractivity contribution in [1.82, 2.24) is 0 Å². The van der Waals surface area contributed by atoms with Crippen LogP contribution in [-0.2, 0) is 4.74 Å². The highest BCUT2D eigenvalue weighted by Gasteiger charge is 2.22. The lowest BCUT2D eigenvalue weighted by atomic mass is 9.91. The molecule has 2 atom stereocenters. The van der Waals surface area contributed by atoms with Gasteiger partial charge in [0.15, 0.2) is 0 Å². The van der Waals surface area contributed by atoms with Gasteiger partial charge in [0.1, 0.15) is 5.75 Å². The Kier molecular flexibility index (Phi) is 21.6. The van der Waals surface area contributed by atoms with Gasteiger partial charge in [-0.1, -0.05) is 47.6 Å². The fourth-order valence-electron chi connectivity index (χ4n) is 2.74. The number of allylic oxidation sites excluding steroid dienone is 2. The summed E-state index contributed by atoms with van der Waals surface area (Å²) in [4.78, 5) is 4.66. The van der Waals surface area contributed by atoms with Crippen LogP contribution in [0.3, 0.4) is 0 Å². The summed E-state index contributed by atoms with van der Waals surface area (Å²) in [5, 5.41) is 0. The third kappa shape index (κ3) is 13.1. The van der Waals surface area contributed by atoms with Crippen LogP contribution < -0.4 is 4.74 Å². The van der Waals surface area contributed by atoms with Gasteiger partial charge in [-0.05, 0) is 74.9 Å². The molecule has 1 fully saturated rings. The number of aliphatic imine (C=N–C) groups is 1. The Balaban J connectivity index is 0. The summed E-state index contributed by atoms with van der Waals surface area (Å²) in [6.07, 6.45) is 8.23. The first kappa shape index (κ1) is 30.9. The summed E-state index contributed by atoms with van der Waals surface area (Å²) in [6, 6.07) is 8.23. The van der Waals surface area contributed by atoms with E-state index in [4.69, 9.17) is 9.47 Å². The monoisotopic (exact) mass is 437 g/mol. The van der Waals surface area contributed by atoms with Crippen molar-refractivity contribution in [3.8, 4) is 5.75 Å². The van der Waals surface area contributed by atoms with Gasteiger partial charge in [-0.25, -0.2) is 0 Å². The molecule has 1 heterocycles. The Bertz CT molecular complexity index is 567. The summed E-state index contributed by atoms with van der Waals surface area (Å²) >= 11 is 1.75. The first-order valence-electron chi connectivity index (χ1n) is 11.5. The Labute approximate surface area is 191 Å². The molecule has 0 bridgehead atoms. The summed E-state index contributed by atoms with van der Waals surface area (Å²) in [5.41, 5.74) is 3.30. The van der Waals surface area contributed by atoms with Crippen LogP contribution in [0.1, 0.15) is 73.8 Å². The van der Waals surface area contributed by atoms with E-state index in [0.717, 1.165) is 55.4 Å². The zero-order valence-corrected chi connectivity index (χ0v) is 22.1. The summed E-state index contributed by atoms with van der Waals surface area (Å²) < 4.78 is 11.5. The molecule has 0 aromatic heterocycles. The van der Waals surface area contributed by atoms with Gasteiger partial charge < -0.3 is 9.47 Å². The predicted molar refractivity (Wildman–Crippen MR) is 138 cm³/mol. The lowest BCUT2D eigenvalue weighted by Gasteiger charge is -2.28. The van der Waals surface area contributed by atoms with Crippen molar-refractivity contribution in [3.63, 3.8) is 0 Å². The highest BCUT2D eigenvalue weighted by molar-refractivity contribution is 7.97. The molecule has 0 saturated carbocycles. The van der Waals surface area contributed by atoms with Gasteiger partial charge in [0.05, 0.1) is 13.2 Å². The van der Waals surface area contributed by atoms with Gasteiger partial charge in [-0.3, -0.25) is 4.99 Å². The van der Waals surface area contributed by atoms with Crippen molar-refractivity contribution in [1.29, 1.82) is 0 Å². The van der Waals surface area contributed by atoms with Gasteiger partial charge >= 0.3 is 0 Å². The maximum atomic E-state index is 5.94. The van der Waals surface area contributed by atoms with Crippen LogP contribution in [0.15, 0.2) is 41.0 Å². The molecular formula is C26H47NO2S. The Morgan fingerprint density at radius 2 is 1.73 bits per heavy atom. The van der Waals surface area contributed by atoms with Crippen LogP contribution in [0.4, 0.5) is 0 Å². The second kappa shape index (κ2) is 21.0. The quantitative estimate of drug-likeness (QED) is 0.424. The largest absolute Gasteiger partial charge is 0.493 e. The average Bonchev–Trinajstić information content (AvgIpc) is 2.80. The van der Waals surface area contributed by atoms with E-state index < -0.39 is 0 Å². The van der Waals surface area contributed by atoms with Crippen molar-refractivity contribution in [2.24, 2.45) is 16.8 Å². The second-order valence-corrected chi connectivity index (χ2v) is 7.49. The standard InChI is InChI=1S/C20H29NO2.C2H6S.2C2H6/c1-5-19(6-2)21-16(4)17-7-9-20(10-8-17)23-14-18-13-22-12-11-15(18)3;1-3-2;2*1-2/h5,7-10,15,18H,6,11-14H2,1-4H3;1-2H3;2*1-2H3/b19-5-,21-16?;;;/t15?,18-;;;/m1.../s1. The molecule has 3 nitrogen and oxygen atoms in total. The smallest absolute Gasteiger partial charge is 0.119 e. The first-order valence-corrected chi connectivity index (χ1v) is 13.1. The SMILES string of the molecule is C/C=C(/CC)N=C(C)c1ccc(OC[C@H]2COCCC2C)cc1.CC.CC.CSC. The molecule has 4 heteroatoms. The molecule has 0 spiro atoms. The molecule has 0 radical (unpaired) electrons. The highest BCUT2D eigenvalue weighted by Crippen LogP contribution is 2.23. The van der Waals surface area contributed by atoms with Crippen molar-refractivity contribution in [2.45, 2.75) is 68.2 Å². The van der Waals surface area contributed by atoms with E-state index in [9.17, 15) is 0 Å². The zero-order valence-electron chi connectivity index (χ0n) is 21.2. The van der Waals surface area contributed by atoms with Crippen molar-refractivity contribution in [3.05, 3.63) is 41.6 Å². The minimum absolute atomic E-state index is 0.494. The van der Waals surface area contributed by atoms with Crippen molar-refractivity contribution < 1.29 is 9.47 Å². The molecule has 174 valence electrons. The Morgan fingerprint density at radius 3 is 2.20 bits per heavy atom. The van der Waals surface area contributed by atoms with E-state index in [2.05, 4.69) is 44.0 Å². The van der Waals surface area contributed by atoms with Gasteiger partial charge in [0, 0.05) is 23.9 Å². The predicted octanol–water partition coefficient (Wildman–Crippen LogP) is 7.89. The molecule has 1 aliphatic rings. The molecule has 1 saturated heterocycles.